The van der Waals surface area contributed by atoms with Gasteiger partial charge >= 0.3 is 0 Å². The van der Waals surface area contributed by atoms with Crippen molar-refractivity contribution in [3.05, 3.63) is 124 Å². The molecular formula is C36H43N4+. The average Bonchev–Trinajstić information content (AvgIpc) is 3.12. The summed E-state index contributed by atoms with van der Waals surface area (Å²) in [5, 5.41) is 2.58. The highest BCUT2D eigenvalue weighted by Gasteiger charge is 2.21. The van der Waals surface area contributed by atoms with Crippen LogP contribution in [-0.2, 0) is 12.8 Å². The van der Waals surface area contributed by atoms with E-state index in [2.05, 4.69) is 121 Å². The lowest BCUT2D eigenvalue weighted by Gasteiger charge is -2.21. The summed E-state index contributed by atoms with van der Waals surface area (Å²) < 4.78 is 2.55. The fourth-order valence-electron chi connectivity index (χ4n) is 5.95. The number of nitrogens with two attached hydrogens (primary N) is 1. The number of nitrogen functional groups attached to an aromatic ring is 1. The van der Waals surface area contributed by atoms with Crippen molar-refractivity contribution in [2.24, 2.45) is 0 Å². The maximum Gasteiger partial charge on any atom is 0.208 e. The molecule has 0 saturated carbocycles. The summed E-state index contributed by atoms with van der Waals surface area (Å²) in [7, 11) is 4.31. The number of hydrogen-bond acceptors (Lipinski definition) is 3. The molecule has 1 aliphatic rings. The molecule has 0 unspecified atom stereocenters. The van der Waals surface area contributed by atoms with Crippen molar-refractivity contribution in [1.29, 1.82) is 0 Å². The molecule has 0 bridgehead atoms. The molecule has 1 aliphatic heterocycles. The highest BCUT2D eigenvalue weighted by molar-refractivity contribution is 5.80. The quantitative estimate of drug-likeness (QED) is 0.237. The number of anilines is 2. The Balaban J connectivity index is 1.70. The van der Waals surface area contributed by atoms with Crippen LogP contribution < -0.4 is 25.8 Å². The fourth-order valence-corrected chi connectivity index (χ4v) is 5.95. The van der Waals surface area contributed by atoms with Gasteiger partial charge in [0.2, 0.25) is 11.0 Å². The number of para-hydroxylation sites is 1. The van der Waals surface area contributed by atoms with E-state index < -0.39 is 0 Å². The third-order valence-electron chi connectivity index (χ3n) is 8.08. The summed E-state index contributed by atoms with van der Waals surface area (Å²) in [5.74, 6) is 0. The van der Waals surface area contributed by atoms with Crippen molar-refractivity contribution in [1.82, 2.24) is 9.48 Å². The minimum Gasteiger partial charge on any atom is -0.399 e. The standard InChI is InChI=1S/C36H42N4/c1-5-39(6-2)33-21-16-29(17-22-33)36(28-14-19-32(37)20-15-28)31-18-23-35-30(26-31)13-12-27-10-7-8-11-34(27)40(35)25-9-24-38(3)4/h7-8,10-11,14-23,26,37H,5-6,9,12-13,24-25H2,1-4H3/p+1. The maximum absolute atomic E-state index is 6.09. The Morgan fingerprint density at radius 2 is 1.43 bits per heavy atom. The SMILES string of the molecule is CCN(CC)c1ccc(/C(c2ccc(N)cc2)=c2\ccc3c(c2)CCc2ccccc2[N+]=3CCCN(C)C)cc1. The van der Waals surface area contributed by atoms with Gasteiger partial charge in [-0.1, -0.05) is 42.5 Å². The molecule has 0 fully saturated rings. The van der Waals surface area contributed by atoms with E-state index in [1.807, 2.05) is 12.1 Å². The summed E-state index contributed by atoms with van der Waals surface area (Å²) in [6, 6.07) is 33.4. The first-order valence-corrected chi connectivity index (χ1v) is 14.7. The van der Waals surface area contributed by atoms with Gasteiger partial charge in [0, 0.05) is 60.7 Å². The van der Waals surface area contributed by atoms with Crippen LogP contribution in [-0.4, -0.2) is 45.2 Å². The molecule has 4 aromatic rings. The summed E-state index contributed by atoms with van der Waals surface area (Å²) in [6.45, 7) is 8.50. The van der Waals surface area contributed by atoms with Gasteiger partial charge in [0.1, 0.15) is 0 Å². The first-order chi connectivity index (χ1) is 19.5. The summed E-state index contributed by atoms with van der Waals surface area (Å²) in [4.78, 5) is 4.66. The van der Waals surface area contributed by atoms with E-state index >= 15 is 0 Å². The first kappa shape index (κ1) is 27.7. The highest BCUT2D eigenvalue weighted by atomic mass is 15.1. The van der Waals surface area contributed by atoms with Gasteiger partial charge in [0.05, 0.1) is 0 Å². The molecule has 0 amide bonds. The Kier molecular flexibility index (Phi) is 8.66. The Morgan fingerprint density at radius 1 is 0.775 bits per heavy atom. The first-order valence-electron chi connectivity index (χ1n) is 14.7. The van der Waals surface area contributed by atoms with Crippen LogP contribution in [0.3, 0.4) is 0 Å². The fraction of sp³-hybridized carbons (Fsp3) is 0.306. The van der Waals surface area contributed by atoms with E-state index in [0.29, 0.717) is 0 Å². The van der Waals surface area contributed by atoms with Crippen LogP contribution >= 0.6 is 0 Å². The van der Waals surface area contributed by atoms with Crippen LogP contribution in [0.1, 0.15) is 42.5 Å². The molecule has 40 heavy (non-hydrogen) atoms. The molecule has 0 aliphatic carbocycles. The Hall–Kier alpha value is -3.89. The van der Waals surface area contributed by atoms with Gasteiger partial charge in [-0.2, -0.15) is 4.58 Å². The summed E-state index contributed by atoms with van der Waals surface area (Å²) >= 11 is 0. The monoisotopic (exact) mass is 531 g/mol. The predicted octanol–water partition coefficient (Wildman–Crippen LogP) is 5.24. The number of fused-ring (bicyclic) bond motifs is 2. The molecule has 206 valence electrons. The predicted molar refractivity (Wildman–Crippen MR) is 171 cm³/mol. The average molecular weight is 532 g/mol. The molecule has 0 atom stereocenters. The maximum atomic E-state index is 6.09. The van der Waals surface area contributed by atoms with Gasteiger partial charge < -0.3 is 15.5 Å². The second kappa shape index (κ2) is 12.5. The third kappa shape index (κ3) is 5.97. The van der Waals surface area contributed by atoms with Crippen LogP contribution in [0.15, 0.2) is 91.0 Å². The second-order valence-electron chi connectivity index (χ2n) is 11.0. The zero-order valence-electron chi connectivity index (χ0n) is 24.5. The van der Waals surface area contributed by atoms with Crippen LogP contribution in [0.2, 0.25) is 0 Å². The molecule has 5 rings (SSSR count). The summed E-state index contributed by atoms with van der Waals surface area (Å²) in [5.41, 5.74) is 16.0. The Morgan fingerprint density at radius 3 is 2.10 bits per heavy atom. The van der Waals surface area contributed by atoms with Crippen LogP contribution in [0.5, 0.6) is 0 Å². The Bertz CT molecular complexity index is 1560. The van der Waals surface area contributed by atoms with Crippen molar-refractivity contribution in [3.63, 3.8) is 0 Å². The van der Waals surface area contributed by atoms with Gasteiger partial charge in [-0.15, -0.1) is 0 Å². The van der Waals surface area contributed by atoms with E-state index in [1.165, 1.54) is 49.8 Å². The van der Waals surface area contributed by atoms with Crippen molar-refractivity contribution in [2.75, 3.05) is 50.9 Å². The molecule has 0 saturated heterocycles. The lowest BCUT2D eigenvalue weighted by atomic mass is 9.93. The van der Waals surface area contributed by atoms with Gasteiger partial charge in [-0.25, -0.2) is 0 Å². The van der Waals surface area contributed by atoms with Crippen LogP contribution in [0, 0.1) is 0 Å². The number of hydrogen-bond donors (Lipinski definition) is 1. The minimum absolute atomic E-state index is 0.785. The molecule has 4 heteroatoms. The number of benzene rings is 4. The minimum atomic E-state index is 0.785. The highest BCUT2D eigenvalue weighted by Crippen LogP contribution is 2.26. The van der Waals surface area contributed by atoms with E-state index in [-0.39, 0.29) is 0 Å². The van der Waals surface area contributed by atoms with Gasteiger partial charge in [-0.3, -0.25) is 0 Å². The second-order valence-corrected chi connectivity index (χ2v) is 11.0. The van der Waals surface area contributed by atoms with Crippen LogP contribution in [0.4, 0.5) is 17.1 Å². The van der Waals surface area contributed by atoms with E-state index in [0.717, 1.165) is 51.1 Å². The molecule has 0 aromatic heterocycles. The van der Waals surface area contributed by atoms with Crippen LogP contribution in [0.25, 0.3) is 5.57 Å². The van der Waals surface area contributed by atoms with Gasteiger partial charge in [0.15, 0.2) is 6.54 Å². The van der Waals surface area contributed by atoms with Crippen molar-refractivity contribution in [3.8, 4) is 0 Å². The van der Waals surface area contributed by atoms with Gasteiger partial charge in [-0.05, 0) is 99.1 Å². The molecule has 2 N–H and O–H groups in total. The largest absolute Gasteiger partial charge is 0.399 e. The molecule has 1 heterocycles. The van der Waals surface area contributed by atoms with Gasteiger partial charge in [0.25, 0.3) is 0 Å². The Labute approximate surface area is 239 Å². The normalized spacial score (nSPS) is 13.5. The molecule has 0 spiro atoms. The van der Waals surface area contributed by atoms with Crippen molar-refractivity contribution >= 4 is 22.6 Å². The number of nitrogens with zero attached hydrogens (tertiary/aromatic N) is 3. The molecule has 0 radical (unpaired) electrons. The van der Waals surface area contributed by atoms with E-state index in [1.54, 1.807) is 0 Å². The summed E-state index contributed by atoms with van der Waals surface area (Å²) in [6.07, 6.45) is 3.19. The zero-order chi connectivity index (χ0) is 28.1. The van der Waals surface area contributed by atoms with Crippen molar-refractivity contribution in [2.45, 2.75) is 33.1 Å². The smallest absolute Gasteiger partial charge is 0.208 e. The lowest BCUT2D eigenvalue weighted by molar-refractivity contribution is 0.394. The molecule has 4 aromatic carbocycles. The van der Waals surface area contributed by atoms with Crippen molar-refractivity contribution < 1.29 is 0 Å². The lowest BCUT2D eigenvalue weighted by Crippen LogP contribution is -2.31. The number of aryl methyl sites for hydroxylation is 2. The zero-order valence-corrected chi connectivity index (χ0v) is 24.5. The van der Waals surface area contributed by atoms with E-state index in [4.69, 9.17) is 5.73 Å². The topological polar surface area (TPSA) is 35.5 Å². The number of rotatable bonds is 9. The third-order valence-corrected chi connectivity index (χ3v) is 8.08. The molecule has 4 nitrogen and oxygen atoms in total. The van der Waals surface area contributed by atoms with E-state index in [9.17, 15) is 0 Å². The molecular weight excluding hydrogens is 488 g/mol.